The van der Waals surface area contributed by atoms with E-state index < -0.39 is 5.60 Å². The van der Waals surface area contributed by atoms with Crippen LogP contribution in [0.1, 0.15) is 31.2 Å². The van der Waals surface area contributed by atoms with E-state index in [0.717, 1.165) is 25.0 Å². The fourth-order valence-corrected chi connectivity index (χ4v) is 4.29. The number of aryl methyl sites for hydroxylation is 1. The molecular formula is C20H27N3O2. The summed E-state index contributed by atoms with van der Waals surface area (Å²) in [6.45, 7) is 4.03. The third-order valence-corrected chi connectivity index (χ3v) is 5.68. The van der Waals surface area contributed by atoms with Gasteiger partial charge in [-0.2, -0.15) is 0 Å². The van der Waals surface area contributed by atoms with Crippen LogP contribution in [-0.4, -0.2) is 64.1 Å². The van der Waals surface area contributed by atoms with E-state index in [1.807, 2.05) is 23.2 Å². The fourth-order valence-electron chi connectivity index (χ4n) is 4.29. The molecule has 2 aliphatic rings. The Bertz CT molecular complexity index is 750. The summed E-state index contributed by atoms with van der Waals surface area (Å²) in [6, 6.07) is 8.19. The zero-order valence-electron chi connectivity index (χ0n) is 14.7. The lowest BCUT2D eigenvalue weighted by atomic mass is 10.0. The molecule has 2 fully saturated rings. The number of β-amino-alcohol motifs (C(OH)–C–C–N with tert-alkyl or cyclic N) is 1. The maximum absolute atomic E-state index is 12.6. The predicted octanol–water partition coefficient (Wildman–Crippen LogP) is 2.16. The molecule has 2 saturated heterocycles. The van der Waals surface area contributed by atoms with E-state index in [-0.39, 0.29) is 5.91 Å². The molecule has 2 aliphatic heterocycles. The van der Waals surface area contributed by atoms with Gasteiger partial charge >= 0.3 is 0 Å². The summed E-state index contributed by atoms with van der Waals surface area (Å²) >= 11 is 0. The number of hydrogen-bond donors (Lipinski definition) is 2. The van der Waals surface area contributed by atoms with E-state index in [1.54, 1.807) is 0 Å². The van der Waals surface area contributed by atoms with Gasteiger partial charge in [-0.15, -0.1) is 0 Å². The molecule has 2 N–H and O–H groups in total. The van der Waals surface area contributed by atoms with Crippen molar-refractivity contribution in [2.75, 3.05) is 32.7 Å². The maximum Gasteiger partial charge on any atom is 0.223 e. The van der Waals surface area contributed by atoms with Gasteiger partial charge in [0.2, 0.25) is 5.91 Å². The molecule has 0 spiro atoms. The number of hydrogen-bond acceptors (Lipinski definition) is 3. The largest absolute Gasteiger partial charge is 0.387 e. The molecule has 134 valence electrons. The Morgan fingerprint density at radius 1 is 1.20 bits per heavy atom. The van der Waals surface area contributed by atoms with E-state index >= 15 is 0 Å². The number of aromatic nitrogens is 1. The normalized spacial score (nSPS) is 24.4. The number of nitrogens with one attached hydrogen (secondary N) is 1. The van der Waals surface area contributed by atoms with Crippen LogP contribution in [0.3, 0.4) is 0 Å². The number of H-pyrrole nitrogens is 1. The number of aliphatic hydroxyl groups is 1. The van der Waals surface area contributed by atoms with Gasteiger partial charge in [0.1, 0.15) is 0 Å². The van der Waals surface area contributed by atoms with E-state index in [9.17, 15) is 9.90 Å². The van der Waals surface area contributed by atoms with Crippen LogP contribution in [0.5, 0.6) is 0 Å². The third kappa shape index (κ3) is 3.58. The molecule has 0 aliphatic carbocycles. The van der Waals surface area contributed by atoms with E-state index in [2.05, 4.69) is 22.0 Å². The minimum absolute atomic E-state index is 0.155. The second-order valence-electron chi connectivity index (χ2n) is 7.63. The van der Waals surface area contributed by atoms with Crippen molar-refractivity contribution in [3.05, 3.63) is 36.0 Å². The van der Waals surface area contributed by atoms with Crippen molar-refractivity contribution >= 4 is 16.8 Å². The lowest BCUT2D eigenvalue weighted by molar-refractivity contribution is -0.131. The summed E-state index contributed by atoms with van der Waals surface area (Å²) in [5.41, 5.74) is 1.59. The molecule has 0 saturated carbocycles. The minimum Gasteiger partial charge on any atom is -0.387 e. The summed E-state index contributed by atoms with van der Waals surface area (Å²) in [5.74, 6) is 0.155. The number of nitrogens with zero attached hydrogens (tertiary/aromatic N) is 2. The number of carbonyl (C=O) groups excluding carboxylic acids is 1. The zero-order valence-corrected chi connectivity index (χ0v) is 14.7. The third-order valence-electron chi connectivity index (χ3n) is 5.68. The van der Waals surface area contributed by atoms with Crippen LogP contribution in [-0.2, 0) is 11.2 Å². The minimum atomic E-state index is -0.721. The van der Waals surface area contributed by atoms with E-state index in [4.69, 9.17) is 0 Å². The van der Waals surface area contributed by atoms with Gasteiger partial charge < -0.3 is 19.9 Å². The second kappa shape index (κ2) is 6.81. The summed E-state index contributed by atoms with van der Waals surface area (Å²) in [6.07, 6.45) is 6.40. The van der Waals surface area contributed by atoms with Crippen molar-refractivity contribution in [3.8, 4) is 0 Å². The monoisotopic (exact) mass is 341 g/mol. The molecule has 2 aromatic rings. The van der Waals surface area contributed by atoms with Crippen LogP contribution >= 0.6 is 0 Å². The predicted molar refractivity (Wildman–Crippen MR) is 98.4 cm³/mol. The summed E-state index contributed by atoms with van der Waals surface area (Å²) in [4.78, 5) is 20.0. The van der Waals surface area contributed by atoms with Crippen LogP contribution in [0, 0.1) is 0 Å². The Hall–Kier alpha value is -1.85. The van der Waals surface area contributed by atoms with Crippen LogP contribution in [0.15, 0.2) is 30.5 Å². The van der Waals surface area contributed by atoms with Crippen LogP contribution in [0.4, 0.5) is 0 Å². The summed E-state index contributed by atoms with van der Waals surface area (Å²) < 4.78 is 0. The zero-order chi connectivity index (χ0) is 17.3. The molecular weight excluding hydrogens is 314 g/mol. The number of likely N-dealkylation sites (tertiary alicyclic amines) is 2. The highest BCUT2D eigenvalue weighted by Gasteiger charge is 2.39. The van der Waals surface area contributed by atoms with Crippen LogP contribution < -0.4 is 0 Å². The highest BCUT2D eigenvalue weighted by molar-refractivity contribution is 5.84. The average molecular weight is 341 g/mol. The van der Waals surface area contributed by atoms with Gasteiger partial charge in [-0.3, -0.25) is 4.79 Å². The fraction of sp³-hybridized carbons (Fsp3) is 0.550. The number of aromatic amines is 1. The lowest BCUT2D eigenvalue weighted by Gasteiger charge is -2.28. The number of carbonyl (C=O) groups is 1. The van der Waals surface area contributed by atoms with Crippen LogP contribution in [0.25, 0.3) is 10.9 Å². The van der Waals surface area contributed by atoms with Gasteiger partial charge in [0.15, 0.2) is 0 Å². The van der Waals surface area contributed by atoms with E-state index in [0.29, 0.717) is 32.5 Å². The molecule has 25 heavy (non-hydrogen) atoms. The van der Waals surface area contributed by atoms with Gasteiger partial charge in [0.25, 0.3) is 0 Å². The van der Waals surface area contributed by atoms with Crippen molar-refractivity contribution < 1.29 is 9.90 Å². The Morgan fingerprint density at radius 3 is 2.84 bits per heavy atom. The quantitative estimate of drug-likeness (QED) is 0.876. The standard InChI is InChI=1S/C20H27N3O2/c24-19(8-7-16-13-21-18-6-2-1-5-17(16)18)23-12-9-20(25,15-23)14-22-10-3-4-11-22/h1-2,5-6,13,21,25H,3-4,7-12,14-15H2. The van der Waals surface area contributed by atoms with Crippen molar-refractivity contribution in [3.63, 3.8) is 0 Å². The number of para-hydroxylation sites is 1. The van der Waals surface area contributed by atoms with Gasteiger partial charge in [-0.05, 0) is 50.4 Å². The first-order valence-corrected chi connectivity index (χ1v) is 9.40. The van der Waals surface area contributed by atoms with Crippen LogP contribution in [0.2, 0.25) is 0 Å². The number of amides is 1. The Kier molecular flexibility index (Phi) is 4.52. The summed E-state index contributed by atoms with van der Waals surface area (Å²) in [5, 5.41) is 12.0. The highest BCUT2D eigenvalue weighted by Crippen LogP contribution is 2.25. The summed E-state index contributed by atoms with van der Waals surface area (Å²) in [7, 11) is 0. The Morgan fingerprint density at radius 2 is 2.00 bits per heavy atom. The first-order valence-electron chi connectivity index (χ1n) is 9.40. The molecule has 0 bridgehead atoms. The van der Waals surface area contributed by atoms with Gasteiger partial charge in [0, 0.05) is 36.6 Å². The molecule has 5 heteroatoms. The SMILES string of the molecule is O=C(CCc1c[nH]c2ccccc12)N1CCC(O)(CN2CCCC2)C1. The van der Waals surface area contributed by atoms with Gasteiger partial charge in [-0.25, -0.2) is 0 Å². The van der Waals surface area contributed by atoms with Crippen molar-refractivity contribution in [2.45, 2.75) is 37.7 Å². The maximum atomic E-state index is 12.6. The Balaban J connectivity index is 1.32. The number of fused-ring (bicyclic) bond motifs is 1. The molecule has 1 atom stereocenters. The molecule has 1 aromatic carbocycles. The molecule has 5 nitrogen and oxygen atoms in total. The molecule has 0 radical (unpaired) electrons. The topological polar surface area (TPSA) is 59.6 Å². The van der Waals surface area contributed by atoms with E-state index in [1.165, 1.54) is 23.8 Å². The van der Waals surface area contributed by atoms with Crippen molar-refractivity contribution in [2.24, 2.45) is 0 Å². The molecule has 1 amide bonds. The van der Waals surface area contributed by atoms with Crippen molar-refractivity contribution in [1.82, 2.24) is 14.8 Å². The second-order valence-corrected chi connectivity index (χ2v) is 7.63. The molecule has 1 aromatic heterocycles. The smallest absolute Gasteiger partial charge is 0.223 e. The van der Waals surface area contributed by atoms with Gasteiger partial charge in [0.05, 0.1) is 12.1 Å². The molecule has 1 unspecified atom stereocenters. The number of rotatable bonds is 5. The highest BCUT2D eigenvalue weighted by atomic mass is 16.3. The molecule has 3 heterocycles. The van der Waals surface area contributed by atoms with Gasteiger partial charge in [-0.1, -0.05) is 18.2 Å². The lowest BCUT2D eigenvalue weighted by Crippen LogP contribution is -2.45. The molecule has 4 rings (SSSR count). The van der Waals surface area contributed by atoms with Crippen molar-refractivity contribution in [1.29, 1.82) is 0 Å². The Labute approximate surface area is 148 Å². The average Bonchev–Trinajstić information content (AvgIpc) is 3.33. The first-order chi connectivity index (χ1) is 12.1. The number of benzene rings is 1. The first kappa shape index (κ1) is 16.6.